The Balaban J connectivity index is 2.03. The number of carbonyl (C=O) groups is 1. The first kappa shape index (κ1) is 15.3. The second-order valence-electron chi connectivity index (χ2n) is 5.33. The van der Waals surface area contributed by atoms with Crippen LogP contribution in [0.5, 0.6) is 0 Å². The van der Waals surface area contributed by atoms with Crippen LogP contribution in [0.25, 0.3) is 0 Å². The molecule has 2 rings (SSSR count). The minimum atomic E-state index is -0.609. The van der Waals surface area contributed by atoms with Gasteiger partial charge in [0.15, 0.2) is 0 Å². The van der Waals surface area contributed by atoms with Crippen molar-refractivity contribution < 1.29 is 14.3 Å². The average Bonchev–Trinajstić information content (AvgIpc) is 2.49. The standard InChI is InChI=1S/C15H18FN3O2/c1-10(20)11-3-2-6-19(9-11)15(21)18-13-4-5-14(16)12(7-13)8-17/h4-5,7,10-11,20H,2-3,6,9H2,1H3,(H,18,21). The van der Waals surface area contributed by atoms with Crippen molar-refractivity contribution in [1.29, 1.82) is 5.26 Å². The van der Waals surface area contributed by atoms with Crippen LogP contribution in [0, 0.1) is 23.1 Å². The van der Waals surface area contributed by atoms with Crippen LogP contribution in [-0.4, -0.2) is 35.2 Å². The molecule has 1 fully saturated rings. The zero-order valence-electron chi connectivity index (χ0n) is 11.8. The SMILES string of the molecule is CC(O)C1CCCN(C(=O)Nc2ccc(F)c(C#N)c2)C1. The molecule has 0 saturated carbocycles. The van der Waals surface area contributed by atoms with E-state index in [0.29, 0.717) is 18.8 Å². The monoisotopic (exact) mass is 291 g/mol. The van der Waals surface area contributed by atoms with Gasteiger partial charge in [-0.3, -0.25) is 0 Å². The van der Waals surface area contributed by atoms with Gasteiger partial charge in [0, 0.05) is 24.7 Å². The molecule has 2 atom stereocenters. The number of aliphatic hydroxyl groups excluding tert-OH is 1. The summed E-state index contributed by atoms with van der Waals surface area (Å²) in [6.07, 6.45) is 1.29. The van der Waals surface area contributed by atoms with Gasteiger partial charge in [-0.1, -0.05) is 0 Å². The van der Waals surface area contributed by atoms with Crippen LogP contribution in [-0.2, 0) is 0 Å². The average molecular weight is 291 g/mol. The molecule has 1 heterocycles. The van der Waals surface area contributed by atoms with Crippen molar-refractivity contribution in [1.82, 2.24) is 4.90 Å². The molecule has 0 aromatic heterocycles. The molecule has 21 heavy (non-hydrogen) atoms. The van der Waals surface area contributed by atoms with Crippen molar-refractivity contribution in [2.24, 2.45) is 5.92 Å². The van der Waals surface area contributed by atoms with E-state index in [0.717, 1.165) is 18.9 Å². The molecule has 6 heteroatoms. The quantitative estimate of drug-likeness (QED) is 0.878. The molecule has 2 amide bonds. The highest BCUT2D eigenvalue weighted by atomic mass is 19.1. The van der Waals surface area contributed by atoms with E-state index < -0.39 is 11.9 Å². The fourth-order valence-electron chi connectivity index (χ4n) is 2.48. The lowest BCUT2D eigenvalue weighted by atomic mass is 9.94. The fourth-order valence-corrected chi connectivity index (χ4v) is 2.48. The number of carbonyl (C=O) groups excluding carboxylic acids is 1. The third-order valence-corrected chi connectivity index (χ3v) is 3.77. The number of rotatable bonds is 2. The molecule has 1 aromatic carbocycles. The highest BCUT2D eigenvalue weighted by Gasteiger charge is 2.26. The lowest BCUT2D eigenvalue weighted by molar-refractivity contribution is 0.0766. The maximum atomic E-state index is 13.2. The maximum Gasteiger partial charge on any atom is 0.321 e. The zero-order chi connectivity index (χ0) is 15.4. The molecule has 0 spiro atoms. The van der Waals surface area contributed by atoms with E-state index in [2.05, 4.69) is 5.32 Å². The molecule has 1 saturated heterocycles. The Hall–Kier alpha value is -2.13. The number of benzene rings is 1. The van der Waals surface area contributed by atoms with Crippen LogP contribution in [0.4, 0.5) is 14.9 Å². The summed E-state index contributed by atoms with van der Waals surface area (Å²) < 4.78 is 13.2. The molecule has 112 valence electrons. The van der Waals surface area contributed by atoms with E-state index in [1.807, 2.05) is 0 Å². The van der Waals surface area contributed by atoms with Crippen LogP contribution in [0.15, 0.2) is 18.2 Å². The summed E-state index contributed by atoms with van der Waals surface area (Å²) in [6, 6.07) is 5.33. The number of hydrogen-bond donors (Lipinski definition) is 2. The Bertz CT molecular complexity index is 569. The van der Waals surface area contributed by atoms with Crippen molar-refractivity contribution in [3.8, 4) is 6.07 Å². The van der Waals surface area contributed by atoms with Gasteiger partial charge in [-0.2, -0.15) is 5.26 Å². The number of piperidine rings is 1. The predicted octanol–water partition coefficient (Wildman–Crippen LogP) is 2.32. The molecule has 1 aliphatic rings. The number of urea groups is 1. The number of hydrogen-bond acceptors (Lipinski definition) is 3. The fraction of sp³-hybridized carbons (Fsp3) is 0.467. The molecule has 2 N–H and O–H groups in total. The molecule has 5 nitrogen and oxygen atoms in total. The number of nitriles is 1. The minimum absolute atomic E-state index is 0.0763. The van der Waals surface area contributed by atoms with Crippen LogP contribution < -0.4 is 5.32 Å². The summed E-state index contributed by atoms with van der Waals surface area (Å²) in [6.45, 7) is 2.85. The second-order valence-corrected chi connectivity index (χ2v) is 5.33. The molecule has 2 unspecified atom stereocenters. The maximum absolute atomic E-state index is 13.2. The zero-order valence-corrected chi connectivity index (χ0v) is 11.8. The Morgan fingerprint density at radius 3 is 3.05 bits per heavy atom. The molecule has 0 bridgehead atoms. The number of likely N-dealkylation sites (tertiary alicyclic amines) is 1. The van der Waals surface area contributed by atoms with Gasteiger partial charge in [0.25, 0.3) is 0 Å². The predicted molar refractivity (Wildman–Crippen MR) is 76.1 cm³/mol. The molecule has 0 aliphatic carbocycles. The van der Waals surface area contributed by atoms with E-state index in [4.69, 9.17) is 5.26 Å². The van der Waals surface area contributed by atoms with Crippen molar-refractivity contribution in [3.63, 3.8) is 0 Å². The van der Waals surface area contributed by atoms with Crippen molar-refractivity contribution in [2.75, 3.05) is 18.4 Å². The minimum Gasteiger partial charge on any atom is -0.393 e. The number of aliphatic hydroxyl groups is 1. The Morgan fingerprint density at radius 1 is 1.62 bits per heavy atom. The van der Waals surface area contributed by atoms with E-state index in [-0.39, 0.29) is 17.5 Å². The topological polar surface area (TPSA) is 76.4 Å². The van der Waals surface area contributed by atoms with Crippen molar-refractivity contribution in [3.05, 3.63) is 29.6 Å². The second kappa shape index (κ2) is 6.55. The van der Waals surface area contributed by atoms with Crippen LogP contribution in [0.3, 0.4) is 0 Å². The molecule has 1 aliphatic heterocycles. The van der Waals surface area contributed by atoms with Gasteiger partial charge in [-0.05, 0) is 38.0 Å². The van der Waals surface area contributed by atoms with Gasteiger partial charge in [-0.15, -0.1) is 0 Å². The van der Waals surface area contributed by atoms with E-state index in [1.54, 1.807) is 17.9 Å². The Labute approximate surface area is 123 Å². The number of anilines is 1. The van der Waals surface area contributed by atoms with E-state index >= 15 is 0 Å². The van der Waals surface area contributed by atoms with Gasteiger partial charge in [0.05, 0.1) is 11.7 Å². The smallest absolute Gasteiger partial charge is 0.321 e. The first-order valence-electron chi connectivity index (χ1n) is 6.95. The molecule has 1 aromatic rings. The van der Waals surface area contributed by atoms with Gasteiger partial charge in [-0.25, -0.2) is 9.18 Å². The number of halogens is 1. The lowest BCUT2D eigenvalue weighted by Gasteiger charge is -2.34. The van der Waals surface area contributed by atoms with E-state index in [9.17, 15) is 14.3 Å². The number of nitrogens with zero attached hydrogens (tertiary/aromatic N) is 2. The molecular weight excluding hydrogens is 273 g/mol. The lowest BCUT2D eigenvalue weighted by Crippen LogP contribution is -2.44. The summed E-state index contributed by atoms with van der Waals surface area (Å²) in [5.41, 5.74) is 0.283. The van der Waals surface area contributed by atoms with Gasteiger partial charge in [0.1, 0.15) is 11.9 Å². The van der Waals surface area contributed by atoms with Crippen LogP contribution in [0.1, 0.15) is 25.3 Å². The molecule has 0 radical (unpaired) electrons. The highest BCUT2D eigenvalue weighted by Crippen LogP contribution is 2.21. The van der Waals surface area contributed by atoms with E-state index in [1.165, 1.54) is 12.1 Å². The summed E-state index contributed by atoms with van der Waals surface area (Å²) in [7, 11) is 0. The van der Waals surface area contributed by atoms with Crippen LogP contribution in [0.2, 0.25) is 0 Å². The highest BCUT2D eigenvalue weighted by molar-refractivity contribution is 5.89. The summed E-state index contributed by atoms with van der Waals surface area (Å²) >= 11 is 0. The first-order chi connectivity index (χ1) is 10.0. The van der Waals surface area contributed by atoms with Gasteiger partial charge in [0.2, 0.25) is 0 Å². The normalized spacial score (nSPS) is 19.7. The van der Waals surface area contributed by atoms with Crippen molar-refractivity contribution in [2.45, 2.75) is 25.9 Å². The van der Waals surface area contributed by atoms with Crippen molar-refractivity contribution >= 4 is 11.7 Å². The summed E-state index contributed by atoms with van der Waals surface area (Å²) in [4.78, 5) is 13.8. The third-order valence-electron chi connectivity index (χ3n) is 3.77. The first-order valence-corrected chi connectivity index (χ1v) is 6.95. The summed E-state index contributed by atoms with van der Waals surface area (Å²) in [5, 5.41) is 21.1. The largest absolute Gasteiger partial charge is 0.393 e. The molecular formula is C15H18FN3O2. The summed E-state index contributed by atoms with van der Waals surface area (Å²) in [5.74, 6) is -0.532. The number of amides is 2. The van der Waals surface area contributed by atoms with Crippen LogP contribution >= 0.6 is 0 Å². The Kier molecular flexibility index (Phi) is 4.76. The number of nitrogens with one attached hydrogen (secondary N) is 1. The Morgan fingerprint density at radius 2 is 2.38 bits per heavy atom. The van der Waals surface area contributed by atoms with Gasteiger partial charge >= 0.3 is 6.03 Å². The third kappa shape index (κ3) is 3.70. The van der Waals surface area contributed by atoms with Gasteiger partial charge < -0.3 is 15.3 Å².